The minimum absolute atomic E-state index is 0.0409. The van der Waals surface area contributed by atoms with Crippen LogP contribution >= 0.6 is 23.5 Å². The third-order valence-corrected chi connectivity index (χ3v) is 15.2. The zero-order chi connectivity index (χ0) is 34.1. The molecule has 6 fully saturated rings. The molecule has 0 aliphatic heterocycles. The van der Waals surface area contributed by atoms with Crippen molar-refractivity contribution >= 4 is 34.6 Å². The summed E-state index contributed by atoms with van der Waals surface area (Å²) in [5.41, 5.74) is 2.67. The van der Waals surface area contributed by atoms with E-state index < -0.39 is 0 Å². The van der Waals surface area contributed by atoms with E-state index in [2.05, 4.69) is 30.5 Å². The van der Waals surface area contributed by atoms with Crippen molar-refractivity contribution in [1.29, 1.82) is 0 Å². The van der Waals surface area contributed by atoms with Crippen LogP contribution in [-0.2, 0) is 19.7 Å². The zero-order valence-corrected chi connectivity index (χ0v) is 31.6. The topological polar surface area (TPSA) is 61.8 Å². The summed E-state index contributed by atoms with van der Waals surface area (Å²) < 4.78 is 16.8. The van der Waals surface area contributed by atoms with Crippen molar-refractivity contribution in [3.63, 3.8) is 0 Å². The van der Waals surface area contributed by atoms with Gasteiger partial charge in [0.15, 0.2) is 5.12 Å². The summed E-state index contributed by atoms with van der Waals surface area (Å²) in [6, 6.07) is 16.5. The quantitative estimate of drug-likeness (QED) is 0.106. The summed E-state index contributed by atoms with van der Waals surface area (Å²) in [7, 11) is 1.69. The Labute approximate surface area is 302 Å². The van der Waals surface area contributed by atoms with Crippen LogP contribution in [0.1, 0.15) is 95.6 Å². The molecular formula is C42H56O5S2. The maximum Gasteiger partial charge on any atom is 0.308 e. The van der Waals surface area contributed by atoms with E-state index in [-0.39, 0.29) is 11.4 Å². The SMILES string of the molecule is COc1ccc(C2(c3ccc(OC(C)=O)cc3)CCCCC2)cc1.CSCCCOC1CC2CC1C1C3CC(C4CC(SC(C)=O)CC43)C21. The molecule has 10 atom stereocenters. The summed E-state index contributed by atoms with van der Waals surface area (Å²) in [6.45, 7) is 4.15. The molecule has 266 valence electrons. The highest BCUT2D eigenvalue weighted by atomic mass is 32.2. The number of hydrogen-bond acceptors (Lipinski definition) is 7. The second-order valence-electron chi connectivity index (χ2n) is 15.9. The monoisotopic (exact) mass is 704 g/mol. The van der Waals surface area contributed by atoms with E-state index in [1.165, 1.54) is 81.6 Å². The maximum absolute atomic E-state index is 11.5. The van der Waals surface area contributed by atoms with Gasteiger partial charge >= 0.3 is 5.97 Å². The van der Waals surface area contributed by atoms with Gasteiger partial charge in [0.25, 0.3) is 0 Å². The third kappa shape index (κ3) is 7.11. The zero-order valence-electron chi connectivity index (χ0n) is 29.9. The van der Waals surface area contributed by atoms with Gasteiger partial charge in [0.1, 0.15) is 11.5 Å². The highest BCUT2D eigenvalue weighted by Gasteiger charge is 2.68. The molecular weight excluding hydrogens is 649 g/mol. The second-order valence-corrected chi connectivity index (χ2v) is 18.4. The van der Waals surface area contributed by atoms with Gasteiger partial charge in [-0.05, 0) is 146 Å². The number of hydrogen-bond donors (Lipinski definition) is 0. The predicted molar refractivity (Wildman–Crippen MR) is 200 cm³/mol. The minimum Gasteiger partial charge on any atom is -0.497 e. The Morgan fingerprint density at radius 1 is 0.755 bits per heavy atom. The van der Waals surface area contributed by atoms with Crippen molar-refractivity contribution in [2.24, 2.45) is 47.3 Å². The number of methoxy groups -OCH3 is 1. The van der Waals surface area contributed by atoms with Crippen LogP contribution in [0.3, 0.4) is 0 Å². The lowest BCUT2D eigenvalue weighted by Crippen LogP contribution is -2.41. The molecule has 10 unspecified atom stereocenters. The van der Waals surface area contributed by atoms with E-state index in [9.17, 15) is 9.59 Å². The summed E-state index contributed by atoms with van der Waals surface area (Å²) in [4.78, 5) is 22.7. The van der Waals surface area contributed by atoms with Gasteiger partial charge in [0.2, 0.25) is 0 Å². The fraction of sp³-hybridized carbons (Fsp3) is 0.667. The number of carbonyl (C=O) groups excluding carboxylic acids is 2. The molecule has 0 amide bonds. The first-order chi connectivity index (χ1) is 23.8. The molecule has 0 radical (unpaired) electrons. The molecule has 8 rings (SSSR count). The average molecular weight is 705 g/mol. The van der Waals surface area contributed by atoms with Crippen LogP contribution in [-0.4, -0.2) is 48.2 Å². The highest BCUT2D eigenvalue weighted by molar-refractivity contribution is 8.14. The number of ether oxygens (including phenoxy) is 3. The number of benzene rings is 2. The van der Waals surface area contributed by atoms with Gasteiger partial charge in [-0.3, -0.25) is 9.59 Å². The summed E-state index contributed by atoms with van der Waals surface area (Å²) >= 11 is 3.58. The highest BCUT2D eigenvalue weighted by Crippen LogP contribution is 2.73. The van der Waals surface area contributed by atoms with Gasteiger partial charge in [-0.1, -0.05) is 55.3 Å². The van der Waals surface area contributed by atoms with Crippen LogP contribution in [0, 0.1) is 47.3 Å². The second kappa shape index (κ2) is 15.3. The van der Waals surface area contributed by atoms with E-state index in [4.69, 9.17) is 14.2 Å². The van der Waals surface area contributed by atoms with Crippen molar-refractivity contribution in [2.75, 3.05) is 25.7 Å². The Morgan fingerprint density at radius 2 is 1.39 bits per heavy atom. The lowest BCUT2D eigenvalue weighted by molar-refractivity contribution is -0.131. The molecule has 6 aliphatic carbocycles. The number of thioether (sulfide) groups is 2. The smallest absolute Gasteiger partial charge is 0.308 e. The molecule has 5 nitrogen and oxygen atoms in total. The van der Waals surface area contributed by atoms with E-state index >= 15 is 0 Å². The molecule has 6 aliphatic rings. The molecule has 2 aromatic carbocycles. The fourth-order valence-corrected chi connectivity index (χ4v) is 13.5. The van der Waals surface area contributed by atoms with E-state index in [1.54, 1.807) is 25.8 Å². The van der Waals surface area contributed by atoms with Crippen LogP contribution in [0.25, 0.3) is 0 Å². The van der Waals surface area contributed by atoms with E-state index in [1.807, 2.05) is 36.0 Å². The van der Waals surface area contributed by atoms with Crippen LogP contribution in [0.4, 0.5) is 0 Å². The van der Waals surface area contributed by atoms with Crippen molar-refractivity contribution in [3.8, 4) is 11.5 Å². The van der Waals surface area contributed by atoms with Gasteiger partial charge in [-0.15, -0.1) is 0 Å². The van der Waals surface area contributed by atoms with Crippen molar-refractivity contribution in [2.45, 2.75) is 101 Å². The number of rotatable bonds is 10. The molecule has 4 bridgehead atoms. The number of esters is 1. The van der Waals surface area contributed by atoms with Crippen molar-refractivity contribution in [3.05, 3.63) is 59.7 Å². The Hall–Kier alpha value is -1.96. The molecule has 0 N–H and O–H groups in total. The van der Waals surface area contributed by atoms with Gasteiger partial charge in [-0.25, -0.2) is 0 Å². The summed E-state index contributed by atoms with van der Waals surface area (Å²) in [5, 5.41) is 0.962. The number of fused-ring (bicyclic) bond motifs is 12. The van der Waals surface area contributed by atoms with E-state index in [0.29, 0.717) is 22.2 Å². The normalized spacial score (nSPS) is 34.5. The largest absolute Gasteiger partial charge is 0.497 e. The Morgan fingerprint density at radius 3 is 1.98 bits per heavy atom. The Balaban J connectivity index is 0.000000155. The average Bonchev–Trinajstić information content (AvgIpc) is 3.92. The van der Waals surface area contributed by atoms with Gasteiger partial charge in [-0.2, -0.15) is 11.8 Å². The van der Waals surface area contributed by atoms with Crippen LogP contribution in [0.15, 0.2) is 48.5 Å². The third-order valence-electron chi connectivity index (χ3n) is 13.5. The maximum atomic E-state index is 11.5. The molecule has 6 saturated carbocycles. The molecule has 0 spiro atoms. The minimum atomic E-state index is -0.287. The van der Waals surface area contributed by atoms with Gasteiger partial charge in [0, 0.05) is 31.1 Å². The predicted octanol–water partition coefficient (Wildman–Crippen LogP) is 9.59. The molecule has 0 aromatic heterocycles. The Bertz CT molecular complexity index is 1440. The van der Waals surface area contributed by atoms with Gasteiger partial charge < -0.3 is 14.2 Å². The van der Waals surface area contributed by atoms with Crippen LogP contribution in [0.2, 0.25) is 0 Å². The first-order valence-electron chi connectivity index (χ1n) is 19.0. The first kappa shape index (κ1) is 35.4. The van der Waals surface area contributed by atoms with Crippen molar-refractivity contribution in [1.82, 2.24) is 0 Å². The summed E-state index contributed by atoms with van der Waals surface area (Å²) in [6.07, 6.45) is 17.1. The lowest BCUT2D eigenvalue weighted by atomic mass is 9.64. The van der Waals surface area contributed by atoms with Crippen LogP contribution < -0.4 is 9.47 Å². The molecule has 7 heteroatoms. The standard InChI is InChI=1S/C21H24O3.C21H32O2S2/c1-16(22)24-20-12-8-18(9-13-20)21(14-4-3-5-15-21)17-6-10-19(23-2)11-7-17;1-11(22)25-13-8-14-15(9-13)17-10-16(14)20-12-6-18(21(17)20)19(7-12)23-4-3-5-24-2/h6-13H,3-5,14-15H2,1-2H3;12-21H,3-10H2,1-2H3. The fourth-order valence-electron chi connectivity index (χ4n) is 12.0. The summed E-state index contributed by atoms with van der Waals surface area (Å²) in [5.74, 6) is 10.2. The Kier molecular flexibility index (Phi) is 11.1. The van der Waals surface area contributed by atoms with Crippen LogP contribution in [0.5, 0.6) is 11.5 Å². The lowest BCUT2D eigenvalue weighted by Gasteiger charge is -2.43. The molecule has 0 heterocycles. The molecule has 2 aromatic rings. The van der Waals surface area contributed by atoms with Gasteiger partial charge in [0.05, 0.1) is 13.2 Å². The molecule has 49 heavy (non-hydrogen) atoms. The van der Waals surface area contributed by atoms with E-state index in [0.717, 1.165) is 72.5 Å². The van der Waals surface area contributed by atoms with Crippen molar-refractivity contribution < 1.29 is 23.8 Å². The number of carbonyl (C=O) groups is 2. The first-order valence-corrected chi connectivity index (χ1v) is 21.3. The molecule has 0 saturated heterocycles.